The predicted octanol–water partition coefficient (Wildman–Crippen LogP) is 2.24. The van der Waals surface area contributed by atoms with Gasteiger partial charge in [-0.25, -0.2) is 0 Å². The highest BCUT2D eigenvalue weighted by Gasteiger charge is 2.29. The van der Waals surface area contributed by atoms with E-state index in [0.29, 0.717) is 6.42 Å². The highest BCUT2D eigenvalue weighted by molar-refractivity contribution is 7.98. The van der Waals surface area contributed by atoms with Crippen LogP contribution in [0.3, 0.4) is 0 Å². The molecule has 0 fully saturated rings. The van der Waals surface area contributed by atoms with Crippen molar-refractivity contribution in [3.05, 3.63) is 0 Å². The lowest BCUT2D eigenvalue weighted by Crippen LogP contribution is -2.27. The van der Waals surface area contributed by atoms with Crippen molar-refractivity contribution in [1.82, 2.24) is 0 Å². The molecule has 66 valence electrons. The van der Waals surface area contributed by atoms with Crippen LogP contribution in [-0.4, -0.2) is 23.1 Å². The molecule has 0 aliphatic heterocycles. The number of rotatable bonds is 5. The van der Waals surface area contributed by atoms with Gasteiger partial charge in [-0.1, -0.05) is 6.92 Å². The normalized spacial score (nSPS) is 15.9. The number of hydrogen-bond donors (Lipinski definition) is 1. The zero-order chi connectivity index (χ0) is 8.91. The third-order valence-corrected chi connectivity index (χ3v) is 2.77. The Morgan fingerprint density at radius 3 is 2.45 bits per heavy atom. The van der Waals surface area contributed by atoms with Crippen molar-refractivity contribution in [2.75, 3.05) is 12.0 Å². The highest BCUT2D eigenvalue weighted by atomic mass is 32.2. The van der Waals surface area contributed by atoms with E-state index in [2.05, 4.69) is 0 Å². The Balaban J connectivity index is 3.99. The Bertz CT molecular complexity index is 136. The molecule has 0 radical (unpaired) electrons. The zero-order valence-corrected chi connectivity index (χ0v) is 8.20. The molecule has 11 heavy (non-hydrogen) atoms. The summed E-state index contributed by atoms with van der Waals surface area (Å²) in [5.74, 6) is 0.255. The summed E-state index contributed by atoms with van der Waals surface area (Å²) in [4.78, 5) is 10.7. The molecule has 0 saturated carbocycles. The highest BCUT2D eigenvalue weighted by Crippen LogP contribution is 2.27. The SMILES string of the molecule is CCC(C)(CCSC)C(=O)O. The molecule has 0 amide bonds. The second-order valence-electron chi connectivity index (χ2n) is 2.96. The molecule has 3 heteroatoms. The van der Waals surface area contributed by atoms with Crippen molar-refractivity contribution in [1.29, 1.82) is 0 Å². The van der Waals surface area contributed by atoms with E-state index in [4.69, 9.17) is 5.11 Å². The summed E-state index contributed by atoms with van der Waals surface area (Å²) in [5, 5.41) is 8.85. The average molecular weight is 176 g/mol. The van der Waals surface area contributed by atoms with Crippen LogP contribution in [0.5, 0.6) is 0 Å². The van der Waals surface area contributed by atoms with Gasteiger partial charge in [-0.05, 0) is 31.8 Å². The van der Waals surface area contributed by atoms with Crippen molar-refractivity contribution in [3.8, 4) is 0 Å². The monoisotopic (exact) mass is 176 g/mol. The van der Waals surface area contributed by atoms with Gasteiger partial charge in [0.15, 0.2) is 0 Å². The number of hydrogen-bond acceptors (Lipinski definition) is 2. The molecule has 0 aromatic carbocycles. The average Bonchev–Trinajstić information content (AvgIpc) is 2.00. The van der Waals surface area contributed by atoms with Crippen LogP contribution in [0.2, 0.25) is 0 Å². The van der Waals surface area contributed by atoms with Crippen molar-refractivity contribution in [2.24, 2.45) is 5.41 Å². The van der Waals surface area contributed by atoms with Gasteiger partial charge in [0, 0.05) is 0 Å². The minimum absolute atomic E-state index is 0.511. The molecule has 1 atom stereocenters. The lowest BCUT2D eigenvalue weighted by atomic mass is 9.85. The molecule has 0 rings (SSSR count). The van der Waals surface area contributed by atoms with Gasteiger partial charge in [-0.15, -0.1) is 0 Å². The standard InChI is InChI=1S/C8H16O2S/c1-4-8(2,7(9)10)5-6-11-3/h4-6H2,1-3H3,(H,9,10). The molecule has 0 spiro atoms. The van der Waals surface area contributed by atoms with Gasteiger partial charge in [0.05, 0.1) is 5.41 Å². The summed E-state index contributed by atoms with van der Waals surface area (Å²) in [6, 6.07) is 0. The molecule has 1 N–H and O–H groups in total. The van der Waals surface area contributed by atoms with E-state index in [1.165, 1.54) is 0 Å². The van der Waals surface area contributed by atoms with Crippen molar-refractivity contribution >= 4 is 17.7 Å². The van der Waals surface area contributed by atoms with E-state index in [-0.39, 0.29) is 0 Å². The summed E-state index contributed by atoms with van der Waals surface area (Å²) in [7, 11) is 0. The van der Waals surface area contributed by atoms with Gasteiger partial charge in [-0.3, -0.25) is 4.79 Å². The van der Waals surface area contributed by atoms with Gasteiger partial charge in [-0.2, -0.15) is 11.8 Å². The Hall–Kier alpha value is -0.180. The van der Waals surface area contributed by atoms with Crippen molar-refractivity contribution < 1.29 is 9.90 Å². The number of thioether (sulfide) groups is 1. The second-order valence-corrected chi connectivity index (χ2v) is 3.95. The van der Waals surface area contributed by atoms with E-state index in [1.54, 1.807) is 11.8 Å². The molecule has 0 aliphatic rings. The molecule has 0 bridgehead atoms. The van der Waals surface area contributed by atoms with Crippen LogP contribution < -0.4 is 0 Å². The van der Waals surface area contributed by atoms with Gasteiger partial charge in [0.1, 0.15) is 0 Å². The third kappa shape index (κ3) is 3.14. The maximum atomic E-state index is 10.7. The van der Waals surface area contributed by atoms with Crippen molar-refractivity contribution in [3.63, 3.8) is 0 Å². The molecule has 0 saturated heterocycles. The first-order chi connectivity index (χ1) is 5.06. The summed E-state index contributed by atoms with van der Waals surface area (Å²) in [6.45, 7) is 3.74. The first kappa shape index (κ1) is 10.8. The van der Waals surface area contributed by atoms with Crippen LogP contribution in [-0.2, 0) is 4.79 Å². The van der Waals surface area contributed by atoms with Crippen LogP contribution in [0.25, 0.3) is 0 Å². The van der Waals surface area contributed by atoms with Crippen LogP contribution >= 0.6 is 11.8 Å². The Labute approximate surface area is 72.4 Å². The quantitative estimate of drug-likeness (QED) is 0.698. The fraction of sp³-hybridized carbons (Fsp3) is 0.875. The second kappa shape index (κ2) is 4.65. The first-order valence-corrected chi connectivity index (χ1v) is 5.18. The summed E-state index contributed by atoms with van der Waals surface area (Å²) < 4.78 is 0. The molecule has 0 aliphatic carbocycles. The van der Waals surface area contributed by atoms with Crippen LogP contribution in [0, 0.1) is 5.41 Å². The number of carboxylic acids is 1. The molecule has 0 heterocycles. The fourth-order valence-corrected chi connectivity index (χ4v) is 1.42. The minimum atomic E-state index is -0.672. The van der Waals surface area contributed by atoms with Crippen molar-refractivity contribution in [2.45, 2.75) is 26.7 Å². The van der Waals surface area contributed by atoms with Crippen LogP contribution in [0.1, 0.15) is 26.7 Å². The first-order valence-electron chi connectivity index (χ1n) is 3.79. The molecular formula is C8H16O2S. The fourth-order valence-electron chi connectivity index (χ4n) is 0.762. The van der Waals surface area contributed by atoms with Crippen LogP contribution in [0.4, 0.5) is 0 Å². The minimum Gasteiger partial charge on any atom is -0.481 e. The zero-order valence-electron chi connectivity index (χ0n) is 7.39. The van der Waals surface area contributed by atoms with E-state index >= 15 is 0 Å². The van der Waals surface area contributed by atoms with Gasteiger partial charge >= 0.3 is 5.97 Å². The van der Waals surface area contributed by atoms with E-state index in [0.717, 1.165) is 12.2 Å². The molecule has 0 aromatic heterocycles. The Morgan fingerprint density at radius 1 is 1.64 bits per heavy atom. The van der Waals surface area contributed by atoms with E-state index in [9.17, 15) is 4.79 Å². The lowest BCUT2D eigenvalue weighted by Gasteiger charge is -2.21. The van der Waals surface area contributed by atoms with E-state index < -0.39 is 11.4 Å². The Kier molecular flexibility index (Phi) is 4.57. The summed E-state index contributed by atoms with van der Waals surface area (Å²) in [5.41, 5.74) is -0.511. The number of carbonyl (C=O) groups is 1. The smallest absolute Gasteiger partial charge is 0.309 e. The Morgan fingerprint density at radius 2 is 2.18 bits per heavy atom. The molecular weight excluding hydrogens is 160 g/mol. The maximum absolute atomic E-state index is 10.7. The third-order valence-electron chi connectivity index (χ3n) is 2.15. The topological polar surface area (TPSA) is 37.3 Å². The predicted molar refractivity (Wildman–Crippen MR) is 49.0 cm³/mol. The summed E-state index contributed by atoms with van der Waals surface area (Å²) >= 11 is 1.70. The van der Waals surface area contributed by atoms with Crippen LogP contribution in [0.15, 0.2) is 0 Å². The number of carboxylic acid groups (broad SMARTS) is 1. The molecule has 0 aromatic rings. The maximum Gasteiger partial charge on any atom is 0.309 e. The molecule has 1 unspecified atom stereocenters. The molecule has 2 nitrogen and oxygen atoms in total. The summed E-state index contributed by atoms with van der Waals surface area (Å²) in [6.07, 6.45) is 3.47. The van der Waals surface area contributed by atoms with E-state index in [1.807, 2.05) is 20.1 Å². The number of aliphatic carboxylic acids is 1. The largest absolute Gasteiger partial charge is 0.481 e. The van der Waals surface area contributed by atoms with Gasteiger partial charge < -0.3 is 5.11 Å². The lowest BCUT2D eigenvalue weighted by molar-refractivity contribution is -0.148. The van der Waals surface area contributed by atoms with Gasteiger partial charge in [0.2, 0.25) is 0 Å². The van der Waals surface area contributed by atoms with Gasteiger partial charge in [0.25, 0.3) is 0 Å².